The minimum absolute atomic E-state index is 0.139. The van der Waals surface area contributed by atoms with E-state index < -0.39 is 5.79 Å². The molecule has 94 valence electrons. The van der Waals surface area contributed by atoms with Gasteiger partial charge in [-0.05, 0) is 37.6 Å². The number of hydrogen-bond acceptors (Lipinski definition) is 3. The van der Waals surface area contributed by atoms with Gasteiger partial charge in [-0.1, -0.05) is 28.1 Å². The summed E-state index contributed by atoms with van der Waals surface area (Å²) in [4.78, 5) is 0. The van der Waals surface area contributed by atoms with Crippen molar-refractivity contribution in [2.75, 3.05) is 13.2 Å². The third-order valence-electron chi connectivity index (χ3n) is 2.92. The van der Waals surface area contributed by atoms with Crippen LogP contribution in [0.5, 0.6) is 0 Å². The van der Waals surface area contributed by atoms with Crippen LogP contribution in [0.2, 0.25) is 0 Å². The van der Waals surface area contributed by atoms with Gasteiger partial charge in [0.25, 0.3) is 0 Å². The summed E-state index contributed by atoms with van der Waals surface area (Å²) in [6.45, 7) is 3.28. The topological polar surface area (TPSA) is 44.5 Å². The van der Waals surface area contributed by atoms with Gasteiger partial charge in [0.1, 0.15) is 0 Å². The fourth-order valence-corrected chi connectivity index (χ4v) is 2.35. The van der Waals surface area contributed by atoms with Crippen LogP contribution in [0.3, 0.4) is 0 Å². The third kappa shape index (κ3) is 3.52. The molecule has 1 heterocycles. The zero-order valence-corrected chi connectivity index (χ0v) is 11.6. The summed E-state index contributed by atoms with van der Waals surface area (Å²) in [7, 11) is 0. The third-order valence-corrected chi connectivity index (χ3v) is 3.45. The Balaban J connectivity index is 1.96. The van der Waals surface area contributed by atoms with E-state index in [1.165, 1.54) is 5.56 Å². The van der Waals surface area contributed by atoms with E-state index in [2.05, 4.69) is 28.1 Å². The van der Waals surface area contributed by atoms with Crippen LogP contribution >= 0.6 is 15.9 Å². The number of nitrogens with two attached hydrogens (primary N) is 1. The number of rotatable bonds is 4. The number of hydrogen-bond donors (Lipinski definition) is 1. The molecule has 0 amide bonds. The first-order valence-corrected chi connectivity index (χ1v) is 6.67. The standard InChI is InChI=1S/C13H18BrNO2/c1-13(16-9-12(17-13)6-7-15)8-10-2-4-11(14)5-3-10/h2-5,12H,6-9,15H2,1H3. The molecule has 1 aromatic rings. The highest BCUT2D eigenvalue weighted by Gasteiger charge is 2.36. The van der Waals surface area contributed by atoms with Crippen molar-refractivity contribution in [3.63, 3.8) is 0 Å². The molecule has 0 saturated carbocycles. The van der Waals surface area contributed by atoms with Crippen molar-refractivity contribution in [3.05, 3.63) is 34.3 Å². The van der Waals surface area contributed by atoms with Crippen molar-refractivity contribution in [1.82, 2.24) is 0 Å². The van der Waals surface area contributed by atoms with Crippen LogP contribution < -0.4 is 5.73 Å². The second-order valence-corrected chi connectivity index (χ2v) is 5.48. The lowest BCUT2D eigenvalue weighted by Crippen LogP contribution is -2.30. The Morgan fingerprint density at radius 2 is 2.12 bits per heavy atom. The van der Waals surface area contributed by atoms with Gasteiger partial charge in [0, 0.05) is 10.9 Å². The first-order valence-electron chi connectivity index (χ1n) is 5.87. The summed E-state index contributed by atoms with van der Waals surface area (Å²) in [5, 5.41) is 0. The normalized spacial score (nSPS) is 28.5. The van der Waals surface area contributed by atoms with E-state index in [0.717, 1.165) is 17.3 Å². The molecule has 0 spiro atoms. The zero-order chi connectivity index (χ0) is 12.3. The van der Waals surface area contributed by atoms with Crippen LogP contribution in [0.4, 0.5) is 0 Å². The largest absolute Gasteiger partial charge is 0.347 e. The van der Waals surface area contributed by atoms with Crippen LogP contribution in [-0.2, 0) is 15.9 Å². The van der Waals surface area contributed by atoms with E-state index in [4.69, 9.17) is 15.2 Å². The second kappa shape index (κ2) is 5.48. The minimum atomic E-state index is -0.506. The fourth-order valence-electron chi connectivity index (χ4n) is 2.08. The summed E-state index contributed by atoms with van der Waals surface area (Å²) in [6, 6.07) is 8.23. The van der Waals surface area contributed by atoms with Crippen LogP contribution in [0.25, 0.3) is 0 Å². The van der Waals surface area contributed by atoms with Gasteiger partial charge in [0.05, 0.1) is 12.7 Å². The zero-order valence-electron chi connectivity index (χ0n) is 9.99. The van der Waals surface area contributed by atoms with E-state index in [1.54, 1.807) is 0 Å². The summed E-state index contributed by atoms with van der Waals surface area (Å²) >= 11 is 3.43. The quantitative estimate of drug-likeness (QED) is 0.929. The van der Waals surface area contributed by atoms with Gasteiger partial charge in [-0.3, -0.25) is 0 Å². The Labute approximate surface area is 110 Å². The Bertz CT molecular complexity index is 368. The maximum Gasteiger partial charge on any atom is 0.170 e. The van der Waals surface area contributed by atoms with E-state index in [0.29, 0.717) is 13.2 Å². The molecule has 2 rings (SSSR count). The molecular weight excluding hydrogens is 282 g/mol. The van der Waals surface area contributed by atoms with Gasteiger partial charge in [0.15, 0.2) is 5.79 Å². The Hall–Kier alpha value is -0.420. The molecule has 0 radical (unpaired) electrons. The van der Waals surface area contributed by atoms with E-state index in [1.807, 2.05) is 19.1 Å². The molecule has 1 aromatic carbocycles. The lowest BCUT2D eigenvalue weighted by atomic mass is 10.1. The van der Waals surface area contributed by atoms with Crippen molar-refractivity contribution in [2.24, 2.45) is 5.73 Å². The summed E-state index contributed by atoms with van der Waals surface area (Å²) < 4.78 is 12.7. The molecule has 1 fully saturated rings. The van der Waals surface area contributed by atoms with Crippen LogP contribution in [0, 0.1) is 0 Å². The van der Waals surface area contributed by atoms with Crippen LogP contribution in [-0.4, -0.2) is 25.0 Å². The van der Waals surface area contributed by atoms with Gasteiger partial charge in [-0.15, -0.1) is 0 Å². The molecule has 17 heavy (non-hydrogen) atoms. The number of halogens is 1. The Kier molecular flexibility index (Phi) is 4.20. The van der Waals surface area contributed by atoms with Gasteiger partial charge >= 0.3 is 0 Å². The maximum atomic E-state index is 5.91. The lowest BCUT2D eigenvalue weighted by molar-refractivity contribution is -0.152. The highest BCUT2D eigenvalue weighted by molar-refractivity contribution is 9.10. The van der Waals surface area contributed by atoms with E-state index in [-0.39, 0.29) is 6.10 Å². The molecule has 1 saturated heterocycles. The summed E-state index contributed by atoms with van der Waals surface area (Å²) in [5.41, 5.74) is 6.74. The molecule has 2 N–H and O–H groups in total. The van der Waals surface area contributed by atoms with E-state index >= 15 is 0 Å². The van der Waals surface area contributed by atoms with Crippen molar-refractivity contribution in [1.29, 1.82) is 0 Å². The fraction of sp³-hybridized carbons (Fsp3) is 0.538. The summed E-state index contributed by atoms with van der Waals surface area (Å²) in [6.07, 6.45) is 1.76. The van der Waals surface area contributed by atoms with Crippen molar-refractivity contribution >= 4 is 15.9 Å². The van der Waals surface area contributed by atoms with Gasteiger partial charge in [0.2, 0.25) is 0 Å². The average Bonchev–Trinajstić information content (AvgIpc) is 2.64. The van der Waals surface area contributed by atoms with Gasteiger partial charge in [-0.25, -0.2) is 0 Å². The van der Waals surface area contributed by atoms with Gasteiger partial charge < -0.3 is 15.2 Å². The highest BCUT2D eigenvalue weighted by atomic mass is 79.9. The smallest absolute Gasteiger partial charge is 0.170 e. The molecule has 1 aliphatic rings. The number of ether oxygens (including phenoxy) is 2. The predicted octanol–water partition coefficient (Wildman–Crippen LogP) is 2.47. The second-order valence-electron chi connectivity index (χ2n) is 4.57. The molecule has 2 atom stereocenters. The first-order chi connectivity index (χ1) is 8.11. The minimum Gasteiger partial charge on any atom is -0.347 e. The molecule has 0 aliphatic carbocycles. The Morgan fingerprint density at radius 1 is 1.41 bits per heavy atom. The first kappa shape index (κ1) is 13.0. The molecule has 2 unspecified atom stereocenters. The maximum absolute atomic E-state index is 5.91. The average molecular weight is 300 g/mol. The SMILES string of the molecule is CC1(Cc2ccc(Br)cc2)OCC(CCN)O1. The van der Waals surface area contributed by atoms with Crippen molar-refractivity contribution in [3.8, 4) is 0 Å². The van der Waals surface area contributed by atoms with Gasteiger partial charge in [-0.2, -0.15) is 0 Å². The van der Waals surface area contributed by atoms with E-state index in [9.17, 15) is 0 Å². The Morgan fingerprint density at radius 3 is 2.76 bits per heavy atom. The molecular formula is C13H18BrNO2. The monoisotopic (exact) mass is 299 g/mol. The molecule has 0 aromatic heterocycles. The predicted molar refractivity (Wildman–Crippen MR) is 70.7 cm³/mol. The molecule has 1 aliphatic heterocycles. The van der Waals surface area contributed by atoms with Crippen LogP contribution in [0.1, 0.15) is 18.9 Å². The highest BCUT2D eigenvalue weighted by Crippen LogP contribution is 2.28. The lowest BCUT2D eigenvalue weighted by Gasteiger charge is -2.23. The van der Waals surface area contributed by atoms with Crippen molar-refractivity contribution < 1.29 is 9.47 Å². The van der Waals surface area contributed by atoms with Crippen LogP contribution in [0.15, 0.2) is 28.7 Å². The molecule has 3 nitrogen and oxygen atoms in total. The molecule has 0 bridgehead atoms. The van der Waals surface area contributed by atoms with Crippen molar-refractivity contribution in [2.45, 2.75) is 31.7 Å². The summed E-state index contributed by atoms with van der Waals surface area (Å²) in [5.74, 6) is -0.506. The molecule has 4 heteroatoms. The number of benzene rings is 1.